The second-order valence-corrected chi connectivity index (χ2v) is 13.8. The molecule has 4 aromatic rings. The Balaban J connectivity index is 1.56. The highest BCUT2D eigenvalue weighted by atomic mass is 35.5. The summed E-state index contributed by atoms with van der Waals surface area (Å²) >= 11 is 12.1. The van der Waals surface area contributed by atoms with Crippen LogP contribution in [-0.2, 0) is 24.8 Å². The summed E-state index contributed by atoms with van der Waals surface area (Å²) in [5.41, 5.74) is 3.34. The smallest absolute Gasteiger partial charge is 0.264 e. The van der Waals surface area contributed by atoms with E-state index < -0.39 is 32.5 Å². The van der Waals surface area contributed by atoms with Crippen LogP contribution in [-0.4, -0.2) is 29.3 Å². The number of carbonyl (C=O) groups is 1. The molecule has 2 N–H and O–H groups in total. The maximum absolute atomic E-state index is 13.7. The average Bonchev–Trinajstić information content (AvgIpc) is 2.90. The molecule has 0 spiro atoms. The van der Waals surface area contributed by atoms with Gasteiger partial charge in [-0.3, -0.25) is 13.8 Å². The van der Waals surface area contributed by atoms with E-state index in [1.807, 2.05) is 26.8 Å². The zero-order valence-corrected chi connectivity index (χ0v) is 25.5. The summed E-state index contributed by atoms with van der Waals surface area (Å²) in [6, 6.07) is 21.7. The fourth-order valence-corrected chi connectivity index (χ4v) is 6.96. The lowest BCUT2D eigenvalue weighted by Crippen LogP contribution is -2.38. The molecule has 0 aliphatic heterocycles. The monoisotopic (exact) mass is 631 g/mol. The maximum atomic E-state index is 13.7. The minimum Gasteiger partial charge on any atom is -0.325 e. The van der Waals surface area contributed by atoms with Gasteiger partial charge in [0.15, 0.2) is 0 Å². The molecule has 0 fully saturated rings. The summed E-state index contributed by atoms with van der Waals surface area (Å²) in [5.74, 6) is -0.612. The van der Waals surface area contributed by atoms with E-state index >= 15 is 0 Å². The van der Waals surface area contributed by atoms with Crippen LogP contribution in [0.15, 0.2) is 94.7 Å². The van der Waals surface area contributed by atoms with Crippen molar-refractivity contribution in [1.29, 1.82) is 0 Å². The van der Waals surface area contributed by atoms with E-state index in [4.69, 9.17) is 23.2 Å². The third kappa shape index (κ3) is 7.20. The lowest BCUT2D eigenvalue weighted by molar-refractivity contribution is -0.114. The highest BCUT2D eigenvalue weighted by molar-refractivity contribution is 7.93. The van der Waals surface area contributed by atoms with Gasteiger partial charge in [0.05, 0.1) is 31.2 Å². The molecule has 41 heavy (non-hydrogen) atoms. The topological polar surface area (TPSA) is 113 Å². The van der Waals surface area contributed by atoms with Gasteiger partial charge in [0.1, 0.15) is 6.54 Å². The van der Waals surface area contributed by atoms with Gasteiger partial charge in [-0.2, -0.15) is 0 Å². The summed E-state index contributed by atoms with van der Waals surface area (Å²) < 4.78 is 56.5. The molecule has 0 heterocycles. The first-order chi connectivity index (χ1) is 19.3. The summed E-state index contributed by atoms with van der Waals surface area (Å²) in [5, 5.41) is 2.91. The van der Waals surface area contributed by atoms with E-state index in [1.54, 1.807) is 30.3 Å². The van der Waals surface area contributed by atoms with Crippen LogP contribution in [0.4, 0.5) is 17.1 Å². The van der Waals surface area contributed by atoms with Crippen LogP contribution in [0.3, 0.4) is 0 Å². The van der Waals surface area contributed by atoms with E-state index in [0.29, 0.717) is 5.69 Å². The van der Waals surface area contributed by atoms with Gasteiger partial charge < -0.3 is 5.32 Å². The quantitative estimate of drug-likeness (QED) is 0.217. The molecule has 0 radical (unpaired) electrons. The first-order valence-corrected chi connectivity index (χ1v) is 16.0. The molecule has 214 valence electrons. The number of nitrogens with one attached hydrogen (secondary N) is 2. The number of anilines is 3. The Labute approximate surface area is 250 Å². The number of aryl methyl sites for hydroxylation is 3. The zero-order chi connectivity index (χ0) is 29.9. The Morgan fingerprint density at radius 3 is 1.95 bits per heavy atom. The predicted octanol–water partition coefficient (Wildman–Crippen LogP) is 6.55. The van der Waals surface area contributed by atoms with Gasteiger partial charge in [0.25, 0.3) is 20.0 Å². The van der Waals surface area contributed by atoms with Gasteiger partial charge in [0.2, 0.25) is 5.91 Å². The number of rotatable bonds is 9. The summed E-state index contributed by atoms with van der Waals surface area (Å²) in [6.07, 6.45) is 0. The summed E-state index contributed by atoms with van der Waals surface area (Å²) in [6.45, 7) is 5.04. The Morgan fingerprint density at radius 2 is 1.34 bits per heavy atom. The van der Waals surface area contributed by atoms with E-state index in [9.17, 15) is 21.6 Å². The third-order valence-corrected chi connectivity index (χ3v) is 10.0. The highest BCUT2D eigenvalue weighted by Crippen LogP contribution is 2.31. The molecule has 4 rings (SSSR count). The van der Waals surface area contributed by atoms with Crippen molar-refractivity contribution >= 4 is 66.2 Å². The Bertz CT molecular complexity index is 1790. The number of benzene rings is 4. The van der Waals surface area contributed by atoms with Crippen molar-refractivity contribution in [2.45, 2.75) is 30.6 Å². The second kappa shape index (κ2) is 12.1. The number of hydrogen-bond acceptors (Lipinski definition) is 5. The normalized spacial score (nSPS) is 11.6. The van der Waals surface area contributed by atoms with Crippen molar-refractivity contribution in [1.82, 2.24) is 0 Å². The average molecular weight is 633 g/mol. The number of nitrogens with zero attached hydrogens (tertiary/aromatic N) is 1. The Morgan fingerprint density at radius 1 is 0.756 bits per heavy atom. The van der Waals surface area contributed by atoms with Crippen molar-refractivity contribution in [3.8, 4) is 0 Å². The highest BCUT2D eigenvalue weighted by Gasteiger charge is 2.28. The van der Waals surface area contributed by atoms with Gasteiger partial charge in [0, 0.05) is 5.69 Å². The lowest BCUT2D eigenvalue weighted by Gasteiger charge is -2.25. The van der Waals surface area contributed by atoms with E-state index in [1.165, 1.54) is 48.5 Å². The molecule has 0 bridgehead atoms. The van der Waals surface area contributed by atoms with E-state index in [2.05, 4.69) is 10.0 Å². The van der Waals surface area contributed by atoms with Gasteiger partial charge in [-0.25, -0.2) is 16.8 Å². The van der Waals surface area contributed by atoms with Crippen LogP contribution in [0.5, 0.6) is 0 Å². The standard InChI is InChI=1S/C29H27Cl2N3O5S2/c1-19-7-11-25(12-8-19)41(38,39)34(23-16-20(2)15-21(3)17-23)18-28(35)32-22-9-13-24(14-10-22)40(36,37)33-27-6-4-5-26(30)29(27)31/h4-17,33H,18H2,1-3H3,(H,32,35). The molecule has 0 saturated heterocycles. The maximum Gasteiger partial charge on any atom is 0.264 e. The molecule has 4 aromatic carbocycles. The third-order valence-electron chi connectivity index (χ3n) is 6.03. The number of hydrogen-bond donors (Lipinski definition) is 2. The molecular formula is C29H27Cl2N3O5S2. The van der Waals surface area contributed by atoms with Crippen LogP contribution >= 0.6 is 23.2 Å². The van der Waals surface area contributed by atoms with Crippen LogP contribution < -0.4 is 14.3 Å². The van der Waals surface area contributed by atoms with Crippen LogP contribution in [0.1, 0.15) is 16.7 Å². The van der Waals surface area contributed by atoms with Crippen LogP contribution in [0.25, 0.3) is 0 Å². The minimum absolute atomic E-state index is 0.0527. The molecule has 0 atom stereocenters. The molecule has 8 nitrogen and oxygen atoms in total. The number of sulfonamides is 2. The number of carbonyl (C=O) groups excluding carboxylic acids is 1. The first-order valence-electron chi connectivity index (χ1n) is 12.3. The summed E-state index contributed by atoms with van der Waals surface area (Å²) in [7, 11) is -8.10. The molecule has 0 aromatic heterocycles. The molecule has 1 amide bonds. The first kappa shape index (κ1) is 30.4. The fraction of sp³-hybridized carbons (Fsp3) is 0.138. The molecule has 0 aliphatic carbocycles. The van der Waals surface area contributed by atoms with E-state index in [-0.39, 0.29) is 31.2 Å². The van der Waals surface area contributed by atoms with Crippen molar-refractivity contribution < 1.29 is 21.6 Å². The van der Waals surface area contributed by atoms with Crippen molar-refractivity contribution in [2.75, 3.05) is 20.9 Å². The number of halogens is 2. The fourth-order valence-electron chi connectivity index (χ4n) is 4.08. The van der Waals surface area contributed by atoms with Crippen molar-refractivity contribution in [3.05, 3.63) is 112 Å². The summed E-state index contributed by atoms with van der Waals surface area (Å²) in [4.78, 5) is 13.1. The van der Waals surface area contributed by atoms with Gasteiger partial charge in [-0.05, 0) is 92.6 Å². The molecule has 12 heteroatoms. The minimum atomic E-state index is -4.09. The molecular weight excluding hydrogens is 605 g/mol. The SMILES string of the molecule is Cc1ccc(S(=O)(=O)N(CC(=O)Nc2ccc(S(=O)(=O)Nc3cccc(Cl)c3Cl)cc2)c2cc(C)cc(C)c2)cc1. The van der Waals surface area contributed by atoms with Gasteiger partial charge in [-0.1, -0.05) is 53.0 Å². The van der Waals surface area contributed by atoms with Gasteiger partial charge >= 0.3 is 0 Å². The number of amides is 1. The molecule has 0 unspecified atom stereocenters. The van der Waals surface area contributed by atoms with Gasteiger partial charge in [-0.15, -0.1) is 0 Å². The second-order valence-electron chi connectivity index (χ2n) is 9.45. The van der Waals surface area contributed by atoms with Crippen molar-refractivity contribution in [2.24, 2.45) is 0 Å². The lowest BCUT2D eigenvalue weighted by atomic mass is 10.1. The molecule has 0 aliphatic rings. The van der Waals surface area contributed by atoms with Crippen LogP contribution in [0, 0.1) is 20.8 Å². The Kier molecular flexibility index (Phi) is 8.98. The van der Waals surface area contributed by atoms with Crippen molar-refractivity contribution in [3.63, 3.8) is 0 Å². The zero-order valence-electron chi connectivity index (χ0n) is 22.4. The largest absolute Gasteiger partial charge is 0.325 e. The Hall–Kier alpha value is -3.57. The van der Waals surface area contributed by atoms with Crippen LogP contribution in [0.2, 0.25) is 10.0 Å². The predicted molar refractivity (Wildman–Crippen MR) is 164 cm³/mol. The van der Waals surface area contributed by atoms with E-state index in [0.717, 1.165) is 21.0 Å². The molecule has 0 saturated carbocycles.